The lowest BCUT2D eigenvalue weighted by Crippen LogP contribution is -2.06. The minimum atomic E-state index is -0.331. The monoisotopic (exact) mass is 300 g/mol. The number of esters is 1. The van der Waals surface area contributed by atoms with E-state index in [9.17, 15) is 4.79 Å². The van der Waals surface area contributed by atoms with Crippen LogP contribution in [0.4, 0.5) is 0 Å². The maximum atomic E-state index is 11.6. The standard InChI is InChI=1S/C13H17BrO3/c1-2-17-13(16)12-7-10(4-3-5-14)6-11(8-12)9-15/h6-8,15H,2-5,9H2,1H3. The summed E-state index contributed by atoms with van der Waals surface area (Å²) in [7, 11) is 0. The van der Waals surface area contributed by atoms with Gasteiger partial charge in [0.25, 0.3) is 0 Å². The predicted octanol–water partition coefficient (Wildman–Crippen LogP) is 2.68. The second kappa shape index (κ2) is 7.45. The molecule has 0 aliphatic rings. The highest BCUT2D eigenvalue weighted by molar-refractivity contribution is 9.09. The summed E-state index contributed by atoms with van der Waals surface area (Å²) in [5.41, 5.74) is 2.32. The Labute approximate surface area is 110 Å². The molecule has 0 aliphatic heterocycles. The van der Waals surface area contributed by atoms with Crippen LogP contribution < -0.4 is 0 Å². The molecule has 3 nitrogen and oxygen atoms in total. The van der Waals surface area contributed by atoms with E-state index >= 15 is 0 Å². The van der Waals surface area contributed by atoms with Gasteiger partial charge >= 0.3 is 5.97 Å². The Morgan fingerprint density at radius 1 is 1.35 bits per heavy atom. The molecule has 0 heterocycles. The number of carbonyl (C=O) groups is 1. The lowest BCUT2D eigenvalue weighted by atomic mass is 10.0. The predicted molar refractivity (Wildman–Crippen MR) is 70.4 cm³/mol. The molecule has 0 amide bonds. The van der Waals surface area contributed by atoms with Gasteiger partial charge in [-0.2, -0.15) is 0 Å². The smallest absolute Gasteiger partial charge is 0.338 e. The summed E-state index contributed by atoms with van der Waals surface area (Å²) in [5.74, 6) is -0.331. The Kier molecular flexibility index (Phi) is 6.22. The van der Waals surface area contributed by atoms with E-state index in [4.69, 9.17) is 9.84 Å². The quantitative estimate of drug-likeness (QED) is 0.649. The second-order valence-electron chi connectivity index (χ2n) is 3.71. The molecule has 0 unspecified atom stereocenters. The number of benzene rings is 1. The number of rotatable bonds is 6. The second-order valence-corrected chi connectivity index (χ2v) is 4.50. The van der Waals surface area contributed by atoms with Crippen molar-refractivity contribution in [2.24, 2.45) is 0 Å². The van der Waals surface area contributed by atoms with E-state index in [0.29, 0.717) is 12.2 Å². The maximum Gasteiger partial charge on any atom is 0.338 e. The Balaban J connectivity index is 2.92. The fraction of sp³-hybridized carbons (Fsp3) is 0.462. The van der Waals surface area contributed by atoms with Crippen LogP contribution in [0.15, 0.2) is 18.2 Å². The Hall–Kier alpha value is -0.870. The van der Waals surface area contributed by atoms with Crippen molar-refractivity contribution in [3.63, 3.8) is 0 Å². The van der Waals surface area contributed by atoms with Gasteiger partial charge in [-0.05, 0) is 43.0 Å². The third kappa shape index (κ3) is 4.48. The number of hydrogen-bond acceptors (Lipinski definition) is 3. The van der Waals surface area contributed by atoms with E-state index in [1.54, 1.807) is 13.0 Å². The zero-order valence-corrected chi connectivity index (χ0v) is 11.5. The van der Waals surface area contributed by atoms with Crippen LogP contribution >= 0.6 is 15.9 Å². The first-order valence-corrected chi connectivity index (χ1v) is 6.80. The minimum Gasteiger partial charge on any atom is -0.462 e. The minimum absolute atomic E-state index is 0.0610. The van der Waals surface area contributed by atoms with Gasteiger partial charge in [0.1, 0.15) is 0 Å². The number of ether oxygens (including phenoxy) is 1. The Morgan fingerprint density at radius 3 is 2.65 bits per heavy atom. The summed E-state index contributed by atoms with van der Waals surface area (Å²) in [6.07, 6.45) is 1.88. The van der Waals surface area contributed by atoms with Crippen LogP contribution in [0.5, 0.6) is 0 Å². The summed E-state index contributed by atoms with van der Waals surface area (Å²) in [6.45, 7) is 2.08. The Bertz CT molecular complexity index is 377. The van der Waals surface area contributed by atoms with Gasteiger partial charge in [-0.1, -0.05) is 22.0 Å². The molecule has 1 rings (SSSR count). The van der Waals surface area contributed by atoms with Gasteiger partial charge in [0.15, 0.2) is 0 Å². The molecule has 0 spiro atoms. The maximum absolute atomic E-state index is 11.6. The van der Waals surface area contributed by atoms with Crippen LogP contribution in [0.25, 0.3) is 0 Å². The molecule has 1 N–H and O–H groups in total. The topological polar surface area (TPSA) is 46.5 Å². The lowest BCUT2D eigenvalue weighted by Gasteiger charge is -2.07. The van der Waals surface area contributed by atoms with E-state index < -0.39 is 0 Å². The van der Waals surface area contributed by atoms with Crippen molar-refractivity contribution in [1.82, 2.24) is 0 Å². The van der Waals surface area contributed by atoms with E-state index in [1.165, 1.54) is 0 Å². The summed E-state index contributed by atoms with van der Waals surface area (Å²) in [6, 6.07) is 5.43. The number of aliphatic hydroxyl groups is 1. The third-order valence-corrected chi connectivity index (χ3v) is 2.91. The van der Waals surface area contributed by atoms with Gasteiger partial charge in [0.05, 0.1) is 18.8 Å². The van der Waals surface area contributed by atoms with E-state index in [0.717, 1.165) is 29.3 Å². The van der Waals surface area contributed by atoms with Crippen molar-refractivity contribution in [3.05, 3.63) is 34.9 Å². The SMILES string of the molecule is CCOC(=O)c1cc(CO)cc(CCCBr)c1. The molecule has 1 aromatic carbocycles. The highest BCUT2D eigenvalue weighted by Gasteiger charge is 2.09. The number of carbonyl (C=O) groups excluding carboxylic acids is 1. The third-order valence-electron chi connectivity index (χ3n) is 2.35. The van der Waals surface area contributed by atoms with Crippen LogP contribution in [0.1, 0.15) is 34.8 Å². The fourth-order valence-corrected chi connectivity index (χ4v) is 1.88. The molecule has 17 heavy (non-hydrogen) atoms. The molecule has 0 fully saturated rings. The zero-order valence-electron chi connectivity index (χ0n) is 9.91. The van der Waals surface area contributed by atoms with Crippen molar-refractivity contribution in [2.45, 2.75) is 26.4 Å². The first-order chi connectivity index (χ1) is 8.21. The number of halogens is 1. The van der Waals surface area contributed by atoms with Crippen LogP contribution in [0, 0.1) is 0 Å². The van der Waals surface area contributed by atoms with Gasteiger partial charge in [-0.25, -0.2) is 4.79 Å². The number of aliphatic hydroxyl groups excluding tert-OH is 1. The van der Waals surface area contributed by atoms with E-state index in [1.807, 2.05) is 12.1 Å². The molecule has 0 saturated carbocycles. The zero-order chi connectivity index (χ0) is 12.7. The number of aryl methyl sites for hydroxylation is 1. The normalized spacial score (nSPS) is 10.3. The van der Waals surface area contributed by atoms with Gasteiger partial charge in [-0.3, -0.25) is 0 Å². The van der Waals surface area contributed by atoms with Crippen molar-refractivity contribution >= 4 is 21.9 Å². The van der Waals surface area contributed by atoms with Crippen molar-refractivity contribution < 1.29 is 14.6 Å². The van der Waals surface area contributed by atoms with Gasteiger partial charge in [0.2, 0.25) is 0 Å². The molecule has 0 bridgehead atoms. The lowest BCUT2D eigenvalue weighted by molar-refractivity contribution is 0.0526. The summed E-state index contributed by atoms with van der Waals surface area (Å²) >= 11 is 3.37. The fourth-order valence-electron chi connectivity index (χ4n) is 1.60. The molecule has 0 radical (unpaired) electrons. The summed E-state index contributed by atoms with van der Waals surface area (Å²) in [4.78, 5) is 11.6. The van der Waals surface area contributed by atoms with E-state index in [2.05, 4.69) is 15.9 Å². The molecule has 0 aromatic heterocycles. The molecule has 0 aliphatic carbocycles. The van der Waals surface area contributed by atoms with Gasteiger partial charge in [0, 0.05) is 5.33 Å². The molecule has 94 valence electrons. The Morgan fingerprint density at radius 2 is 2.06 bits per heavy atom. The number of alkyl halides is 1. The average molecular weight is 301 g/mol. The van der Waals surface area contributed by atoms with Crippen molar-refractivity contribution in [2.75, 3.05) is 11.9 Å². The summed E-state index contributed by atoms with van der Waals surface area (Å²) in [5, 5.41) is 10.1. The van der Waals surface area contributed by atoms with Crippen LogP contribution in [-0.2, 0) is 17.8 Å². The van der Waals surface area contributed by atoms with Crippen molar-refractivity contribution in [1.29, 1.82) is 0 Å². The highest BCUT2D eigenvalue weighted by atomic mass is 79.9. The first-order valence-electron chi connectivity index (χ1n) is 5.68. The summed E-state index contributed by atoms with van der Waals surface area (Å²) < 4.78 is 4.96. The molecule has 4 heteroatoms. The van der Waals surface area contributed by atoms with Crippen molar-refractivity contribution in [3.8, 4) is 0 Å². The molecule has 0 atom stereocenters. The molecule has 0 saturated heterocycles. The molecular weight excluding hydrogens is 284 g/mol. The van der Waals surface area contributed by atoms with Crippen LogP contribution in [0.3, 0.4) is 0 Å². The largest absolute Gasteiger partial charge is 0.462 e. The van der Waals surface area contributed by atoms with Crippen LogP contribution in [0.2, 0.25) is 0 Å². The first kappa shape index (κ1) is 14.2. The average Bonchev–Trinajstić information content (AvgIpc) is 2.36. The highest BCUT2D eigenvalue weighted by Crippen LogP contribution is 2.14. The van der Waals surface area contributed by atoms with Gasteiger partial charge in [-0.15, -0.1) is 0 Å². The van der Waals surface area contributed by atoms with Gasteiger partial charge < -0.3 is 9.84 Å². The van der Waals surface area contributed by atoms with E-state index in [-0.39, 0.29) is 12.6 Å². The van der Waals surface area contributed by atoms with Crippen LogP contribution in [-0.4, -0.2) is 23.0 Å². The number of hydrogen-bond donors (Lipinski definition) is 1. The molecular formula is C13H17BrO3. The molecule has 1 aromatic rings.